The summed E-state index contributed by atoms with van der Waals surface area (Å²) in [7, 11) is 0. The van der Waals surface area contributed by atoms with E-state index in [1.807, 2.05) is 13.0 Å². The van der Waals surface area contributed by atoms with Gasteiger partial charge in [-0.3, -0.25) is 9.36 Å². The highest BCUT2D eigenvalue weighted by Gasteiger charge is 2.34. The van der Waals surface area contributed by atoms with Crippen LogP contribution in [0, 0.1) is 26.2 Å². The average molecular weight is 288 g/mol. The number of Topliss-reactive ketones (excluding diaryl/α,β-unsaturated/α-hetero) is 1. The van der Waals surface area contributed by atoms with Crippen LogP contribution in [0.25, 0.3) is 5.13 Å². The van der Waals surface area contributed by atoms with Gasteiger partial charge < -0.3 is 0 Å². The van der Waals surface area contributed by atoms with Gasteiger partial charge in [-0.05, 0) is 38.7 Å². The third-order valence-electron chi connectivity index (χ3n) is 4.08. The van der Waals surface area contributed by atoms with E-state index in [-0.39, 0.29) is 11.2 Å². The summed E-state index contributed by atoms with van der Waals surface area (Å²) in [5.74, 6) is 0.267. The first-order valence-electron chi connectivity index (χ1n) is 6.97. The number of aryl methyl sites for hydroxylation is 3. The monoisotopic (exact) mass is 288 g/mol. The van der Waals surface area contributed by atoms with E-state index in [9.17, 15) is 4.79 Å². The van der Waals surface area contributed by atoms with Gasteiger partial charge in [-0.15, -0.1) is 11.3 Å². The van der Waals surface area contributed by atoms with Crippen molar-refractivity contribution in [3.63, 3.8) is 0 Å². The summed E-state index contributed by atoms with van der Waals surface area (Å²) in [6.45, 7) is 10.5. The van der Waals surface area contributed by atoms with Crippen molar-refractivity contribution in [2.75, 3.05) is 0 Å². The lowest BCUT2D eigenvalue weighted by molar-refractivity contribution is 0.0911. The van der Waals surface area contributed by atoms with E-state index >= 15 is 0 Å². The summed E-state index contributed by atoms with van der Waals surface area (Å²) in [5, 5.41) is 0.990. The fourth-order valence-electron chi connectivity index (χ4n) is 2.97. The second kappa shape index (κ2) is 4.29. The Labute approximate surface area is 123 Å². The molecule has 0 saturated heterocycles. The summed E-state index contributed by atoms with van der Waals surface area (Å²) in [6.07, 6.45) is 1.57. The Balaban J connectivity index is 2.21. The van der Waals surface area contributed by atoms with Crippen molar-refractivity contribution >= 4 is 17.1 Å². The molecule has 0 atom stereocenters. The van der Waals surface area contributed by atoms with E-state index in [4.69, 9.17) is 0 Å². The molecule has 20 heavy (non-hydrogen) atoms. The molecule has 0 fully saturated rings. The summed E-state index contributed by atoms with van der Waals surface area (Å²) in [5.41, 5.74) is 4.25. The number of fused-ring (bicyclic) bond motifs is 1. The van der Waals surface area contributed by atoms with Crippen LogP contribution in [0.15, 0.2) is 6.07 Å². The standard InChI is InChI=1S/C16H20N2OS/c1-9-6-12-13(7-16(4,5)8-14(12)19)18(9)15-17-10(2)11(3)20-15/h6H,7-8H2,1-5H3. The number of carbonyl (C=O) groups excluding carboxylic acids is 1. The highest BCUT2D eigenvalue weighted by Crippen LogP contribution is 2.38. The van der Waals surface area contributed by atoms with Gasteiger partial charge in [-0.1, -0.05) is 13.8 Å². The van der Waals surface area contributed by atoms with Gasteiger partial charge in [0.05, 0.1) is 5.69 Å². The number of ketones is 1. The molecule has 0 bridgehead atoms. The number of hydrogen-bond donors (Lipinski definition) is 0. The number of aromatic nitrogens is 2. The normalized spacial score (nSPS) is 17.4. The van der Waals surface area contributed by atoms with E-state index in [2.05, 4.69) is 37.2 Å². The van der Waals surface area contributed by atoms with E-state index in [1.54, 1.807) is 11.3 Å². The van der Waals surface area contributed by atoms with Crippen molar-refractivity contribution in [3.05, 3.63) is 33.6 Å². The minimum absolute atomic E-state index is 0.0357. The minimum Gasteiger partial charge on any atom is -0.294 e. The predicted octanol–water partition coefficient (Wildman–Crippen LogP) is 4.01. The topological polar surface area (TPSA) is 34.9 Å². The smallest absolute Gasteiger partial charge is 0.194 e. The first kappa shape index (κ1) is 13.6. The molecule has 0 spiro atoms. The first-order valence-corrected chi connectivity index (χ1v) is 7.79. The average Bonchev–Trinajstić information content (AvgIpc) is 2.78. The summed E-state index contributed by atoms with van der Waals surface area (Å²) >= 11 is 1.70. The van der Waals surface area contributed by atoms with Crippen LogP contribution < -0.4 is 0 Å². The molecular weight excluding hydrogens is 268 g/mol. The summed E-state index contributed by atoms with van der Waals surface area (Å²) in [6, 6.07) is 2.03. The van der Waals surface area contributed by atoms with E-state index < -0.39 is 0 Å². The Kier molecular flexibility index (Phi) is 2.91. The van der Waals surface area contributed by atoms with Gasteiger partial charge in [0.25, 0.3) is 0 Å². The molecule has 1 aliphatic rings. The Bertz CT molecular complexity index is 687. The maximum atomic E-state index is 12.3. The van der Waals surface area contributed by atoms with Gasteiger partial charge in [0.2, 0.25) is 0 Å². The molecule has 0 aromatic carbocycles. The molecule has 0 amide bonds. The molecule has 106 valence electrons. The maximum Gasteiger partial charge on any atom is 0.194 e. The fraction of sp³-hybridized carbons (Fsp3) is 0.500. The zero-order valence-corrected chi connectivity index (χ0v) is 13.5. The number of nitrogens with zero attached hydrogens (tertiary/aromatic N) is 2. The fourth-order valence-corrected chi connectivity index (χ4v) is 3.96. The SMILES string of the molecule is Cc1nc(-n2c(C)cc3c2CC(C)(C)CC3=O)sc1C. The largest absolute Gasteiger partial charge is 0.294 e. The van der Waals surface area contributed by atoms with Gasteiger partial charge in [-0.25, -0.2) is 4.98 Å². The molecule has 0 saturated carbocycles. The second-order valence-electron chi connectivity index (χ2n) is 6.56. The van der Waals surface area contributed by atoms with Crippen molar-refractivity contribution in [2.45, 2.75) is 47.5 Å². The summed E-state index contributed by atoms with van der Waals surface area (Å²) < 4.78 is 2.18. The zero-order chi connectivity index (χ0) is 14.7. The molecule has 2 aromatic heterocycles. The van der Waals surface area contributed by atoms with E-state index in [0.29, 0.717) is 6.42 Å². The molecule has 0 aliphatic heterocycles. The zero-order valence-electron chi connectivity index (χ0n) is 12.7. The second-order valence-corrected chi connectivity index (χ2v) is 7.74. The van der Waals surface area contributed by atoms with E-state index in [1.165, 1.54) is 4.88 Å². The van der Waals surface area contributed by atoms with Crippen molar-refractivity contribution in [1.29, 1.82) is 0 Å². The van der Waals surface area contributed by atoms with Crippen LogP contribution in [0.4, 0.5) is 0 Å². The molecule has 1 aliphatic carbocycles. The van der Waals surface area contributed by atoms with Gasteiger partial charge in [0.1, 0.15) is 0 Å². The minimum atomic E-state index is 0.0357. The number of hydrogen-bond acceptors (Lipinski definition) is 3. The highest BCUT2D eigenvalue weighted by atomic mass is 32.1. The quantitative estimate of drug-likeness (QED) is 0.794. The van der Waals surface area contributed by atoms with Crippen molar-refractivity contribution in [2.24, 2.45) is 5.41 Å². The Morgan fingerprint density at radius 1 is 1.25 bits per heavy atom. The van der Waals surface area contributed by atoms with E-state index in [0.717, 1.165) is 34.2 Å². The van der Waals surface area contributed by atoms with Crippen LogP contribution in [0.3, 0.4) is 0 Å². The summed E-state index contributed by atoms with van der Waals surface area (Å²) in [4.78, 5) is 18.2. The molecule has 0 N–H and O–H groups in total. The lowest BCUT2D eigenvalue weighted by Gasteiger charge is -2.29. The molecule has 0 unspecified atom stereocenters. The first-order chi connectivity index (χ1) is 9.28. The van der Waals surface area contributed by atoms with Crippen LogP contribution in [0.2, 0.25) is 0 Å². The Hall–Kier alpha value is -1.42. The van der Waals surface area contributed by atoms with Crippen LogP contribution >= 0.6 is 11.3 Å². The van der Waals surface area contributed by atoms with Crippen LogP contribution in [0.1, 0.15) is 52.6 Å². The third-order valence-corrected chi connectivity index (χ3v) is 5.14. The van der Waals surface area contributed by atoms with Gasteiger partial charge in [-0.2, -0.15) is 0 Å². The van der Waals surface area contributed by atoms with Crippen molar-refractivity contribution in [3.8, 4) is 5.13 Å². The molecule has 3 rings (SSSR count). The van der Waals surface area contributed by atoms with Crippen LogP contribution in [-0.4, -0.2) is 15.3 Å². The molecule has 2 heterocycles. The number of carbonyl (C=O) groups is 1. The Morgan fingerprint density at radius 3 is 2.55 bits per heavy atom. The van der Waals surface area contributed by atoms with Crippen LogP contribution in [-0.2, 0) is 6.42 Å². The van der Waals surface area contributed by atoms with Crippen molar-refractivity contribution in [1.82, 2.24) is 9.55 Å². The predicted molar refractivity (Wildman–Crippen MR) is 82.1 cm³/mol. The molecule has 0 radical (unpaired) electrons. The van der Waals surface area contributed by atoms with Gasteiger partial charge in [0, 0.05) is 28.2 Å². The molecule has 4 heteroatoms. The maximum absolute atomic E-state index is 12.3. The van der Waals surface area contributed by atoms with Gasteiger partial charge >= 0.3 is 0 Å². The van der Waals surface area contributed by atoms with Crippen LogP contribution in [0.5, 0.6) is 0 Å². The van der Waals surface area contributed by atoms with Crippen molar-refractivity contribution < 1.29 is 4.79 Å². The molecule has 2 aromatic rings. The van der Waals surface area contributed by atoms with Gasteiger partial charge in [0.15, 0.2) is 10.9 Å². The highest BCUT2D eigenvalue weighted by molar-refractivity contribution is 7.14. The molecule has 3 nitrogen and oxygen atoms in total. The third kappa shape index (κ3) is 2.03. The number of rotatable bonds is 1. The molecular formula is C16H20N2OS. The Morgan fingerprint density at radius 2 is 1.95 bits per heavy atom. The lowest BCUT2D eigenvalue weighted by Crippen LogP contribution is -2.27. The lowest BCUT2D eigenvalue weighted by atomic mass is 9.76. The number of thiazole rings is 1.